The summed E-state index contributed by atoms with van der Waals surface area (Å²) in [5, 5.41) is 31.5. The van der Waals surface area contributed by atoms with Gasteiger partial charge in [0, 0.05) is 19.3 Å². The van der Waals surface area contributed by atoms with Crippen LogP contribution in [-0.2, 0) is 42.9 Å². The van der Waals surface area contributed by atoms with Gasteiger partial charge in [0.05, 0.1) is 6.61 Å². The van der Waals surface area contributed by atoms with Crippen molar-refractivity contribution in [3.63, 3.8) is 0 Å². The lowest BCUT2D eigenvalue weighted by atomic mass is 9.98. The summed E-state index contributed by atoms with van der Waals surface area (Å²) in [6.45, 7) is 5.64. The molecule has 0 spiro atoms. The lowest BCUT2D eigenvalue weighted by Crippen LogP contribution is -2.61. The molecule has 0 aromatic carbocycles. The first-order chi connectivity index (χ1) is 37.6. The van der Waals surface area contributed by atoms with Crippen molar-refractivity contribution in [2.75, 3.05) is 13.2 Å². The Kier molecular flexibility index (Phi) is 47.2. The molecule has 12 nitrogen and oxygen atoms in total. The maximum Gasteiger partial charge on any atom is 0.335 e. The number of carbonyl (C=O) groups is 4. The third kappa shape index (κ3) is 41.8. The van der Waals surface area contributed by atoms with Gasteiger partial charge in [-0.3, -0.25) is 14.4 Å². The fraction of sp³-hybridized carbons (Fsp3) is 0.631. The standard InChI is InChI=1S/C65H102O12/c1-4-7-10-13-16-19-22-25-27-29-31-34-36-39-42-45-48-51-57(66)73-54-56(75-58(67)52-49-46-43-40-37-33-24-21-18-15-12-9-6-3)55-74-65-63(61(70)60(69)62(77-65)64(71)72)76-59(68)53-50-47-44-41-38-35-32-30-28-26-23-20-17-14-11-8-5-2/h7,9-10,12,16-21,25-28,31,33-34,37,43,46,56,60-63,65,69-70H,4-6,8,11,13-15,22-24,29-30,32,35-36,38-42,44-45,47-55H2,1-3H3,(H,71,72)/b10-7-,12-9-,19-16-,20-17-,21-18-,27-25-,28-26-,34-31-,37-33-,46-43-. The summed E-state index contributed by atoms with van der Waals surface area (Å²) in [5.41, 5.74) is 0. The van der Waals surface area contributed by atoms with E-state index in [2.05, 4.69) is 130 Å². The number of esters is 3. The molecule has 1 saturated heterocycles. The summed E-state index contributed by atoms with van der Waals surface area (Å²) in [6, 6.07) is 0. The smallest absolute Gasteiger partial charge is 0.335 e. The molecule has 1 heterocycles. The van der Waals surface area contributed by atoms with Gasteiger partial charge in [0.1, 0.15) is 18.8 Å². The SMILES string of the molecule is CC/C=C\C/C=C\C/C=C\C/C=C\CCCCCCC(=O)OCC(COC1OC(C(=O)O)C(O)C(O)C1OC(=O)CCCCCCCCC/C=C\C/C=C\CCCCC)OC(=O)CC/C=C\C/C=C\C/C=C\C/C=C\CC. The first-order valence-corrected chi connectivity index (χ1v) is 29.5. The predicted octanol–water partition coefficient (Wildman–Crippen LogP) is 15.2. The summed E-state index contributed by atoms with van der Waals surface area (Å²) < 4.78 is 28.3. The molecule has 0 amide bonds. The van der Waals surface area contributed by atoms with Crippen LogP contribution >= 0.6 is 0 Å². The largest absolute Gasteiger partial charge is 0.479 e. The number of aliphatic carboxylic acids is 1. The summed E-state index contributed by atoms with van der Waals surface area (Å²) in [4.78, 5) is 51.1. The predicted molar refractivity (Wildman–Crippen MR) is 312 cm³/mol. The Morgan fingerprint density at radius 1 is 0.442 bits per heavy atom. The van der Waals surface area contributed by atoms with Crippen LogP contribution in [0.5, 0.6) is 0 Å². The highest BCUT2D eigenvalue weighted by Crippen LogP contribution is 2.26. The summed E-state index contributed by atoms with van der Waals surface area (Å²) in [5.74, 6) is -3.29. The number of hydrogen-bond donors (Lipinski definition) is 3. The summed E-state index contributed by atoms with van der Waals surface area (Å²) in [7, 11) is 0. The molecular formula is C65H102O12. The van der Waals surface area contributed by atoms with Gasteiger partial charge in [0.2, 0.25) is 0 Å². The van der Waals surface area contributed by atoms with E-state index in [1.807, 2.05) is 12.2 Å². The van der Waals surface area contributed by atoms with Gasteiger partial charge < -0.3 is 39.0 Å². The van der Waals surface area contributed by atoms with E-state index in [4.69, 9.17) is 23.7 Å². The molecule has 434 valence electrons. The molecule has 3 N–H and O–H groups in total. The second kappa shape index (κ2) is 51.9. The third-order valence-electron chi connectivity index (χ3n) is 12.5. The molecule has 0 aliphatic carbocycles. The fourth-order valence-electron chi connectivity index (χ4n) is 8.05. The van der Waals surface area contributed by atoms with Crippen LogP contribution in [0, 0.1) is 0 Å². The van der Waals surface area contributed by atoms with Gasteiger partial charge in [-0.1, -0.05) is 200 Å². The Hall–Kier alpha value is -4.88. The van der Waals surface area contributed by atoms with E-state index < -0.39 is 67.3 Å². The van der Waals surface area contributed by atoms with E-state index in [-0.39, 0.29) is 25.9 Å². The Bertz CT molecular complexity index is 1800. The summed E-state index contributed by atoms with van der Waals surface area (Å²) >= 11 is 0. The van der Waals surface area contributed by atoms with Gasteiger partial charge >= 0.3 is 23.9 Å². The molecular weight excluding hydrogens is 973 g/mol. The van der Waals surface area contributed by atoms with Crippen molar-refractivity contribution in [3.05, 3.63) is 122 Å². The average molecular weight is 1080 g/mol. The number of carbonyl (C=O) groups excluding carboxylic acids is 3. The second-order valence-corrected chi connectivity index (χ2v) is 19.5. The molecule has 12 heteroatoms. The van der Waals surface area contributed by atoms with Gasteiger partial charge in [-0.05, 0) is 116 Å². The van der Waals surface area contributed by atoms with E-state index in [1.165, 1.54) is 19.3 Å². The van der Waals surface area contributed by atoms with Crippen LogP contribution in [-0.4, -0.2) is 89.2 Å². The maximum absolute atomic E-state index is 13.1. The highest BCUT2D eigenvalue weighted by atomic mass is 16.7. The normalized spacial score (nSPS) is 18.9. The van der Waals surface area contributed by atoms with Crippen LogP contribution < -0.4 is 0 Å². The highest BCUT2D eigenvalue weighted by molar-refractivity contribution is 5.74. The quantitative estimate of drug-likeness (QED) is 0.0228. The van der Waals surface area contributed by atoms with E-state index in [9.17, 15) is 34.5 Å². The van der Waals surface area contributed by atoms with E-state index in [1.54, 1.807) is 0 Å². The van der Waals surface area contributed by atoms with Gasteiger partial charge in [0.15, 0.2) is 24.6 Å². The molecule has 6 unspecified atom stereocenters. The van der Waals surface area contributed by atoms with Crippen molar-refractivity contribution < 1.29 is 58.2 Å². The Morgan fingerprint density at radius 2 is 0.844 bits per heavy atom. The molecule has 6 atom stereocenters. The number of ether oxygens (including phenoxy) is 5. The van der Waals surface area contributed by atoms with E-state index in [0.29, 0.717) is 25.7 Å². The zero-order valence-corrected chi connectivity index (χ0v) is 47.7. The molecule has 0 radical (unpaired) electrons. The summed E-state index contributed by atoms with van der Waals surface area (Å²) in [6.07, 6.45) is 59.0. The van der Waals surface area contributed by atoms with Crippen molar-refractivity contribution >= 4 is 23.9 Å². The minimum atomic E-state index is -1.93. The Balaban J connectivity index is 2.74. The molecule has 0 bridgehead atoms. The second-order valence-electron chi connectivity index (χ2n) is 19.5. The van der Waals surface area contributed by atoms with E-state index in [0.717, 1.165) is 128 Å². The number of allylic oxidation sites excluding steroid dienone is 20. The van der Waals surface area contributed by atoms with Gasteiger partial charge in [-0.2, -0.15) is 0 Å². The minimum Gasteiger partial charge on any atom is -0.479 e. The Morgan fingerprint density at radius 3 is 1.30 bits per heavy atom. The van der Waals surface area contributed by atoms with Crippen LogP contribution in [0.4, 0.5) is 0 Å². The molecule has 1 fully saturated rings. The zero-order valence-electron chi connectivity index (χ0n) is 47.7. The Labute approximate surface area is 465 Å². The molecule has 0 aromatic rings. The topological polar surface area (TPSA) is 175 Å². The first-order valence-electron chi connectivity index (χ1n) is 29.5. The maximum atomic E-state index is 13.1. The lowest BCUT2D eigenvalue weighted by molar-refractivity contribution is -0.301. The lowest BCUT2D eigenvalue weighted by Gasteiger charge is -2.40. The van der Waals surface area contributed by atoms with Crippen LogP contribution in [0.15, 0.2) is 122 Å². The highest BCUT2D eigenvalue weighted by Gasteiger charge is 2.50. The number of unbranched alkanes of at least 4 members (excludes halogenated alkanes) is 14. The fourth-order valence-corrected chi connectivity index (χ4v) is 8.05. The van der Waals surface area contributed by atoms with E-state index >= 15 is 0 Å². The van der Waals surface area contributed by atoms with Crippen LogP contribution in [0.25, 0.3) is 0 Å². The molecule has 0 saturated carbocycles. The molecule has 0 aromatic heterocycles. The first kappa shape index (κ1) is 70.1. The van der Waals surface area contributed by atoms with Crippen LogP contribution in [0.2, 0.25) is 0 Å². The van der Waals surface area contributed by atoms with Crippen molar-refractivity contribution in [2.45, 2.75) is 250 Å². The van der Waals surface area contributed by atoms with Gasteiger partial charge in [0.25, 0.3) is 0 Å². The number of aliphatic hydroxyl groups excluding tert-OH is 2. The van der Waals surface area contributed by atoms with Crippen LogP contribution in [0.1, 0.15) is 213 Å². The molecule has 1 aliphatic rings. The number of carboxylic acids is 1. The molecule has 1 aliphatic heterocycles. The van der Waals surface area contributed by atoms with Crippen molar-refractivity contribution in [2.24, 2.45) is 0 Å². The van der Waals surface area contributed by atoms with Gasteiger partial charge in [-0.15, -0.1) is 0 Å². The van der Waals surface area contributed by atoms with Crippen molar-refractivity contribution in [3.8, 4) is 0 Å². The monoisotopic (exact) mass is 1070 g/mol. The van der Waals surface area contributed by atoms with Gasteiger partial charge in [-0.25, -0.2) is 4.79 Å². The number of aliphatic hydroxyl groups is 2. The number of carboxylic acid groups (broad SMARTS) is 1. The number of hydrogen-bond acceptors (Lipinski definition) is 11. The zero-order chi connectivity index (χ0) is 56.1. The number of rotatable bonds is 48. The van der Waals surface area contributed by atoms with Crippen LogP contribution in [0.3, 0.4) is 0 Å². The van der Waals surface area contributed by atoms with Crippen molar-refractivity contribution in [1.29, 1.82) is 0 Å². The molecule has 1 rings (SSSR count). The third-order valence-corrected chi connectivity index (χ3v) is 12.5. The minimum absolute atomic E-state index is 0.0287. The molecule has 77 heavy (non-hydrogen) atoms. The van der Waals surface area contributed by atoms with Crippen molar-refractivity contribution in [1.82, 2.24) is 0 Å². The average Bonchev–Trinajstić information content (AvgIpc) is 3.42.